The molecule has 0 fully saturated rings. The van der Waals surface area contributed by atoms with Gasteiger partial charge in [-0.15, -0.1) is 11.3 Å². The Morgan fingerprint density at radius 3 is 2.76 bits per heavy atom. The van der Waals surface area contributed by atoms with Crippen LogP contribution < -0.4 is 9.47 Å². The summed E-state index contributed by atoms with van der Waals surface area (Å²) >= 11 is 6.61. The molecule has 0 spiro atoms. The molecule has 0 saturated carbocycles. The van der Waals surface area contributed by atoms with Crippen molar-refractivity contribution >= 4 is 23.6 Å². The van der Waals surface area contributed by atoms with Gasteiger partial charge in [0.1, 0.15) is 0 Å². The molecular weight excluding hydrogens is 254 g/mol. The lowest BCUT2D eigenvalue weighted by Crippen LogP contribution is -1.97. The van der Waals surface area contributed by atoms with Crippen molar-refractivity contribution in [2.45, 2.75) is 6.42 Å². The quantitative estimate of drug-likeness (QED) is 0.799. The summed E-state index contributed by atoms with van der Waals surface area (Å²) in [6, 6.07) is 5.96. The number of benzene rings is 1. The van der Waals surface area contributed by atoms with E-state index >= 15 is 0 Å². The molecule has 3 nitrogen and oxygen atoms in total. The van der Waals surface area contributed by atoms with Gasteiger partial charge < -0.3 is 14.5 Å². The number of thiazole rings is 1. The highest BCUT2D eigenvalue weighted by Gasteiger charge is 2.11. The number of H-pyrrole nitrogens is 1. The van der Waals surface area contributed by atoms with E-state index in [2.05, 4.69) is 4.98 Å². The van der Waals surface area contributed by atoms with Gasteiger partial charge in [0.25, 0.3) is 0 Å². The minimum Gasteiger partial charge on any atom is -0.490 e. The topological polar surface area (TPSA) is 34.2 Å². The van der Waals surface area contributed by atoms with Crippen molar-refractivity contribution in [1.82, 2.24) is 4.98 Å². The van der Waals surface area contributed by atoms with Gasteiger partial charge in [-0.3, -0.25) is 0 Å². The first-order chi connectivity index (χ1) is 8.33. The zero-order valence-electron chi connectivity index (χ0n) is 9.06. The minimum absolute atomic E-state index is 0.704. The lowest BCUT2D eigenvalue weighted by atomic mass is 10.1. The highest BCUT2D eigenvalue weighted by atomic mass is 32.1. The average Bonchev–Trinajstić information content (AvgIpc) is 2.64. The Morgan fingerprint density at radius 1 is 1.18 bits per heavy atom. The highest BCUT2D eigenvalue weighted by Crippen LogP contribution is 2.34. The summed E-state index contributed by atoms with van der Waals surface area (Å²) in [6.45, 7) is 1.42. The van der Waals surface area contributed by atoms with E-state index in [0.29, 0.717) is 13.2 Å². The maximum absolute atomic E-state index is 5.66. The molecule has 0 unspecified atom stereocenters. The van der Waals surface area contributed by atoms with E-state index < -0.39 is 0 Å². The molecule has 1 aliphatic rings. The van der Waals surface area contributed by atoms with E-state index in [0.717, 1.165) is 33.1 Å². The molecule has 3 rings (SSSR count). The zero-order chi connectivity index (χ0) is 11.7. The molecule has 1 aromatic heterocycles. The molecule has 17 heavy (non-hydrogen) atoms. The zero-order valence-corrected chi connectivity index (χ0v) is 10.7. The van der Waals surface area contributed by atoms with Gasteiger partial charge in [-0.25, -0.2) is 0 Å². The van der Waals surface area contributed by atoms with Crippen molar-refractivity contribution in [2.24, 2.45) is 0 Å². The van der Waals surface area contributed by atoms with Crippen LogP contribution in [-0.4, -0.2) is 18.2 Å². The van der Waals surface area contributed by atoms with Gasteiger partial charge in [-0.05, 0) is 30.4 Å². The number of fused-ring (bicyclic) bond motifs is 1. The fourth-order valence-electron chi connectivity index (χ4n) is 1.75. The molecule has 1 N–H and O–H groups in total. The van der Waals surface area contributed by atoms with Crippen LogP contribution in [-0.2, 0) is 0 Å². The standard InChI is InChI=1S/C12H11NO2S2/c16-12-13-9(7-17-12)8-2-3-10-11(6-8)15-5-1-4-14-10/h2-3,6-7H,1,4-5H2,(H,13,16). The number of nitrogens with one attached hydrogen (secondary N) is 1. The van der Waals surface area contributed by atoms with Crippen LogP contribution >= 0.6 is 23.6 Å². The van der Waals surface area contributed by atoms with Gasteiger partial charge in [-0.1, -0.05) is 0 Å². The summed E-state index contributed by atoms with van der Waals surface area (Å²) in [5, 5.41) is 2.02. The van der Waals surface area contributed by atoms with Crippen LogP contribution in [0.15, 0.2) is 23.6 Å². The van der Waals surface area contributed by atoms with Crippen molar-refractivity contribution in [3.63, 3.8) is 0 Å². The lowest BCUT2D eigenvalue weighted by Gasteiger charge is -2.08. The van der Waals surface area contributed by atoms with E-state index in [1.54, 1.807) is 0 Å². The first-order valence-corrected chi connectivity index (χ1v) is 6.69. The summed E-state index contributed by atoms with van der Waals surface area (Å²) in [5.41, 5.74) is 2.09. The monoisotopic (exact) mass is 265 g/mol. The normalized spacial score (nSPS) is 14.4. The van der Waals surface area contributed by atoms with Crippen LogP contribution in [0.3, 0.4) is 0 Å². The predicted octanol–water partition coefficient (Wildman–Crippen LogP) is 3.63. The van der Waals surface area contributed by atoms with Crippen LogP contribution in [0, 0.1) is 3.95 Å². The Labute approximate surface area is 108 Å². The van der Waals surface area contributed by atoms with Crippen LogP contribution in [0.4, 0.5) is 0 Å². The SMILES string of the molecule is S=c1[nH]c(-c2ccc3c(c2)OCCCO3)cs1. The second-order valence-corrected chi connectivity index (χ2v) is 5.32. The van der Waals surface area contributed by atoms with Crippen molar-refractivity contribution in [1.29, 1.82) is 0 Å². The minimum atomic E-state index is 0.704. The molecule has 0 saturated heterocycles. The highest BCUT2D eigenvalue weighted by molar-refractivity contribution is 7.73. The molecule has 0 bridgehead atoms. The van der Waals surface area contributed by atoms with Gasteiger partial charge in [-0.2, -0.15) is 0 Å². The number of aromatic nitrogens is 1. The van der Waals surface area contributed by atoms with Crippen molar-refractivity contribution in [2.75, 3.05) is 13.2 Å². The summed E-state index contributed by atoms with van der Waals surface area (Å²) in [4.78, 5) is 3.15. The fraction of sp³-hybridized carbons (Fsp3) is 0.250. The maximum Gasteiger partial charge on any atom is 0.161 e. The number of hydrogen-bond acceptors (Lipinski definition) is 4. The predicted molar refractivity (Wildman–Crippen MR) is 70.5 cm³/mol. The Balaban J connectivity index is 2.02. The molecule has 88 valence electrons. The third-order valence-corrected chi connectivity index (χ3v) is 3.64. The van der Waals surface area contributed by atoms with Gasteiger partial charge in [0.05, 0.1) is 18.9 Å². The Bertz CT molecular complexity index is 588. The largest absolute Gasteiger partial charge is 0.490 e. The third kappa shape index (κ3) is 2.21. The second kappa shape index (κ2) is 4.50. The summed E-state index contributed by atoms with van der Waals surface area (Å²) in [5.74, 6) is 1.63. The molecule has 0 amide bonds. The van der Waals surface area contributed by atoms with E-state index in [-0.39, 0.29) is 0 Å². The number of rotatable bonds is 1. The summed E-state index contributed by atoms with van der Waals surface area (Å²) in [6.07, 6.45) is 0.922. The summed E-state index contributed by atoms with van der Waals surface area (Å²) in [7, 11) is 0. The fourth-order valence-corrected chi connectivity index (χ4v) is 2.60. The number of aromatic amines is 1. The number of ether oxygens (including phenoxy) is 2. The third-order valence-electron chi connectivity index (χ3n) is 2.58. The molecular formula is C12H11NO2S2. The van der Waals surface area contributed by atoms with Gasteiger partial charge >= 0.3 is 0 Å². The van der Waals surface area contributed by atoms with Crippen molar-refractivity contribution in [3.05, 3.63) is 27.5 Å². The first kappa shape index (κ1) is 10.8. The molecule has 1 aliphatic heterocycles. The molecule has 0 aliphatic carbocycles. The summed E-state index contributed by atoms with van der Waals surface area (Å²) < 4.78 is 12.0. The Kier molecular flexibility index (Phi) is 2.86. The first-order valence-electron chi connectivity index (χ1n) is 5.41. The van der Waals surface area contributed by atoms with Crippen LogP contribution in [0.1, 0.15) is 6.42 Å². The molecule has 0 radical (unpaired) electrons. The van der Waals surface area contributed by atoms with Gasteiger partial charge in [0.2, 0.25) is 0 Å². The van der Waals surface area contributed by atoms with Gasteiger partial charge in [0, 0.05) is 17.4 Å². The number of hydrogen-bond donors (Lipinski definition) is 1. The molecule has 1 aromatic carbocycles. The van der Waals surface area contributed by atoms with Crippen molar-refractivity contribution < 1.29 is 9.47 Å². The van der Waals surface area contributed by atoms with Gasteiger partial charge in [0.15, 0.2) is 15.5 Å². The van der Waals surface area contributed by atoms with Crippen molar-refractivity contribution in [3.8, 4) is 22.8 Å². The molecule has 5 heteroatoms. The molecule has 2 heterocycles. The van der Waals surface area contributed by atoms with Crippen LogP contribution in [0.25, 0.3) is 11.3 Å². The molecule has 0 atom stereocenters. The average molecular weight is 265 g/mol. The van der Waals surface area contributed by atoms with Crippen LogP contribution in [0.2, 0.25) is 0 Å². The lowest BCUT2D eigenvalue weighted by molar-refractivity contribution is 0.297. The Morgan fingerprint density at radius 2 is 2.00 bits per heavy atom. The Hall–Kier alpha value is -1.33. The maximum atomic E-state index is 5.66. The van der Waals surface area contributed by atoms with E-state index in [4.69, 9.17) is 21.7 Å². The second-order valence-electron chi connectivity index (χ2n) is 3.77. The van der Waals surface area contributed by atoms with E-state index in [1.807, 2.05) is 23.6 Å². The van der Waals surface area contributed by atoms with Crippen LogP contribution in [0.5, 0.6) is 11.5 Å². The smallest absolute Gasteiger partial charge is 0.161 e. The van der Waals surface area contributed by atoms with E-state index in [1.165, 1.54) is 11.3 Å². The molecule has 2 aromatic rings. The van der Waals surface area contributed by atoms with E-state index in [9.17, 15) is 0 Å².